The van der Waals surface area contributed by atoms with Crippen molar-refractivity contribution in [1.29, 1.82) is 0 Å². The molecule has 100 valence electrons. The molecule has 0 amide bonds. The molecule has 0 aliphatic rings. The summed E-state index contributed by atoms with van der Waals surface area (Å²) in [6.45, 7) is 3.61. The zero-order valence-corrected chi connectivity index (χ0v) is 11.4. The molecule has 0 spiro atoms. The highest BCUT2D eigenvalue weighted by Gasteiger charge is 2.04. The molecule has 0 bridgehead atoms. The second kappa shape index (κ2) is 6.85. The molecular formula is C15H19N3O. The number of aromatic nitrogens is 2. The van der Waals surface area contributed by atoms with Crippen molar-refractivity contribution in [2.24, 2.45) is 0 Å². The first-order valence-corrected chi connectivity index (χ1v) is 6.46. The Kier molecular flexibility index (Phi) is 4.86. The van der Waals surface area contributed by atoms with Crippen molar-refractivity contribution >= 4 is 0 Å². The lowest BCUT2D eigenvalue weighted by atomic mass is 10.1. The minimum absolute atomic E-state index is 0.673. The van der Waals surface area contributed by atoms with E-state index in [9.17, 15) is 0 Å². The predicted octanol–water partition coefficient (Wildman–Crippen LogP) is 2.34. The van der Waals surface area contributed by atoms with Crippen LogP contribution in [0.25, 0.3) is 0 Å². The van der Waals surface area contributed by atoms with E-state index < -0.39 is 0 Å². The summed E-state index contributed by atoms with van der Waals surface area (Å²) in [5.74, 6) is 0.673. The summed E-state index contributed by atoms with van der Waals surface area (Å²) in [6.07, 6.45) is 4.57. The van der Waals surface area contributed by atoms with Crippen molar-refractivity contribution in [2.45, 2.75) is 26.4 Å². The molecule has 19 heavy (non-hydrogen) atoms. The molecule has 0 radical (unpaired) electrons. The zero-order chi connectivity index (χ0) is 13.5. The standard InChI is InChI=1S/C15H19N3O/c1-3-12-6-4-8-17-14(12)11-16-10-13-7-5-9-18-15(13)19-2/h4-9,16H,3,10-11H2,1-2H3. The number of ether oxygens (including phenoxy) is 1. The molecule has 0 fully saturated rings. The summed E-state index contributed by atoms with van der Waals surface area (Å²) in [4.78, 5) is 8.59. The smallest absolute Gasteiger partial charge is 0.217 e. The average molecular weight is 257 g/mol. The fraction of sp³-hybridized carbons (Fsp3) is 0.333. The molecule has 0 saturated carbocycles. The monoisotopic (exact) mass is 257 g/mol. The van der Waals surface area contributed by atoms with Gasteiger partial charge < -0.3 is 10.1 Å². The second-order valence-corrected chi connectivity index (χ2v) is 4.24. The molecule has 2 aromatic heterocycles. The molecule has 2 heterocycles. The van der Waals surface area contributed by atoms with E-state index in [-0.39, 0.29) is 0 Å². The Morgan fingerprint density at radius 2 is 1.79 bits per heavy atom. The number of hydrogen-bond donors (Lipinski definition) is 1. The second-order valence-electron chi connectivity index (χ2n) is 4.24. The molecule has 2 aromatic rings. The van der Waals surface area contributed by atoms with Gasteiger partial charge in [0.2, 0.25) is 5.88 Å². The van der Waals surface area contributed by atoms with E-state index >= 15 is 0 Å². The highest BCUT2D eigenvalue weighted by molar-refractivity contribution is 5.25. The molecule has 2 rings (SSSR count). The Morgan fingerprint density at radius 1 is 1.05 bits per heavy atom. The van der Waals surface area contributed by atoms with Gasteiger partial charge in [0.25, 0.3) is 0 Å². The molecule has 0 aliphatic heterocycles. The van der Waals surface area contributed by atoms with Crippen LogP contribution in [0.2, 0.25) is 0 Å². The van der Waals surface area contributed by atoms with Crippen molar-refractivity contribution in [3.05, 3.63) is 53.5 Å². The van der Waals surface area contributed by atoms with Crippen LogP contribution in [0, 0.1) is 0 Å². The van der Waals surface area contributed by atoms with E-state index in [0.29, 0.717) is 5.88 Å². The zero-order valence-electron chi connectivity index (χ0n) is 11.4. The highest BCUT2D eigenvalue weighted by Crippen LogP contribution is 2.13. The fourth-order valence-corrected chi connectivity index (χ4v) is 2.01. The van der Waals surface area contributed by atoms with Gasteiger partial charge in [-0.3, -0.25) is 4.98 Å². The summed E-state index contributed by atoms with van der Waals surface area (Å²) in [5, 5.41) is 3.38. The largest absolute Gasteiger partial charge is 0.481 e. The van der Waals surface area contributed by atoms with Crippen molar-refractivity contribution in [1.82, 2.24) is 15.3 Å². The van der Waals surface area contributed by atoms with Crippen LogP contribution in [-0.4, -0.2) is 17.1 Å². The molecule has 0 aliphatic carbocycles. The molecule has 0 unspecified atom stereocenters. The summed E-state index contributed by atoms with van der Waals surface area (Å²) in [6, 6.07) is 8.02. The van der Waals surface area contributed by atoms with Crippen LogP contribution in [0.3, 0.4) is 0 Å². The number of nitrogens with zero attached hydrogens (tertiary/aromatic N) is 2. The van der Waals surface area contributed by atoms with Crippen molar-refractivity contribution in [3.63, 3.8) is 0 Å². The molecule has 0 aromatic carbocycles. The van der Waals surface area contributed by atoms with Crippen LogP contribution in [0.4, 0.5) is 0 Å². The topological polar surface area (TPSA) is 47.0 Å². The number of methoxy groups -OCH3 is 1. The lowest BCUT2D eigenvalue weighted by molar-refractivity contribution is 0.390. The van der Waals surface area contributed by atoms with Gasteiger partial charge in [-0.1, -0.05) is 19.1 Å². The van der Waals surface area contributed by atoms with E-state index in [1.54, 1.807) is 13.3 Å². The van der Waals surface area contributed by atoms with Gasteiger partial charge >= 0.3 is 0 Å². The number of aryl methyl sites for hydroxylation is 1. The minimum atomic E-state index is 0.673. The summed E-state index contributed by atoms with van der Waals surface area (Å²) in [5.41, 5.74) is 3.44. The van der Waals surface area contributed by atoms with E-state index in [0.717, 1.165) is 30.8 Å². The van der Waals surface area contributed by atoms with Gasteiger partial charge in [0.1, 0.15) is 0 Å². The van der Waals surface area contributed by atoms with E-state index in [1.165, 1.54) is 5.56 Å². The molecule has 0 saturated heterocycles. The molecular weight excluding hydrogens is 238 g/mol. The quantitative estimate of drug-likeness (QED) is 0.863. The van der Waals surface area contributed by atoms with Crippen LogP contribution in [0.15, 0.2) is 36.7 Å². The first-order valence-electron chi connectivity index (χ1n) is 6.46. The maximum absolute atomic E-state index is 5.23. The predicted molar refractivity (Wildman–Crippen MR) is 74.9 cm³/mol. The third-order valence-electron chi connectivity index (χ3n) is 3.02. The Bertz CT molecular complexity index is 481. The van der Waals surface area contributed by atoms with Crippen LogP contribution < -0.4 is 10.1 Å². The SMILES string of the molecule is CCc1cccnc1CNCc1cccnc1OC. The summed E-state index contributed by atoms with van der Waals surface area (Å²) < 4.78 is 5.23. The Balaban J connectivity index is 1.96. The number of pyridine rings is 2. The average Bonchev–Trinajstić information content (AvgIpc) is 2.48. The molecule has 4 nitrogen and oxygen atoms in total. The van der Waals surface area contributed by atoms with Gasteiger partial charge in [-0.15, -0.1) is 0 Å². The van der Waals surface area contributed by atoms with Crippen molar-refractivity contribution < 1.29 is 4.74 Å². The first-order chi connectivity index (χ1) is 9.35. The Hall–Kier alpha value is -1.94. The number of nitrogens with one attached hydrogen (secondary N) is 1. The lowest BCUT2D eigenvalue weighted by Gasteiger charge is -2.10. The van der Waals surface area contributed by atoms with Crippen molar-refractivity contribution in [3.8, 4) is 5.88 Å². The summed E-state index contributed by atoms with van der Waals surface area (Å²) in [7, 11) is 1.64. The molecule has 1 N–H and O–H groups in total. The third kappa shape index (κ3) is 3.51. The molecule has 0 atom stereocenters. The normalized spacial score (nSPS) is 10.4. The van der Waals surface area contributed by atoms with Gasteiger partial charge in [0.05, 0.1) is 12.8 Å². The van der Waals surface area contributed by atoms with Crippen molar-refractivity contribution in [2.75, 3.05) is 7.11 Å². The summed E-state index contributed by atoms with van der Waals surface area (Å²) >= 11 is 0. The highest BCUT2D eigenvalue weighted by atomic mass is 16.5. The van der Waals surface area contributed by atoms with Gasteiger partial charge in [0.15, 0.2) is 0 Å². The van der Waals surface area contributed by atoms with Gasteiger partial charge in [0, 0.05) is 31.0 Å². The third-order valence-corrected chi connectivity index (χ3v) is 3.02. The van der Waals surface area contributed by atoms with Gasteiger partial charge in [-0.25, -0.2) is 4.98 Å². The Labute approximate surface area is 113 Å². The Morgan fingerprint density at radius 3 is 2.53 bits per heavy atom. The molecule has 4 heteroatoms. The van der Waals surface area contributed by atoms with E-state index in [1.807, 2.05) is 24.4 Å². The minimum Gasteiger partial charge on any atom is -0.481 e. The van der Waals surface area contributed by atoms with Crippen LogP contribution in [0.1, 0.15) is 23.7 Å². The lowest BCUT2D eigenvalue weighted by Crippen LogP contribution is -2.15. The number of hydrogen-bond acceptors (Lipinski definition) is 4. The van der Waals surface area contributed by atoms with Gasteiger partial charge in [-0.2, -0.15) is 0 Å². The van der Waals surface area contributed by atoms with E-state index in [2.05, 4.69) is 28.3 Å². The van der Waals surface area contributed by atoms with E-state index in [4.69, 9.17) is 4.74 Å². The maximum Gasteiger partial charge on any atom is 0.217 e. The maximum atomic E-state index is 5.23. The number of rotatable bonds is 6. The first kappa shape index (κ1) is 13.5. The van der Waals surface area contributed by atoms with Crippen LogP contribution in [-0.2, 0) is 19.5 Å². The van der Waals surface area contributed by atoms with Gasteiger partial charge in [-0.05, 0) is 24.1 Å². The fourth-order valence-electron chi connectivity index (χ4n) is 2.01. The van der Waals surface area contributed by atoms with Crippen LogP contribution in [0.5, 0.6) is 5.88 Å². The van der Waals surface area contributed by atoms with Crippen LogP contribution >= 0.6 is 0 Å².